The summed E-state index contributed by atoms with van der Waals surface area (Å²) in [5, 5.41) is 11.4. The van der Waals surface area contributed by atoms with Gasteiger partial charge in [0.2, 0.25) is 0 Å². The molecule has 23 heavy (non-hydrogen) atoms. The van der Waals surface area contributed by atoms with Crippen molar-refractivity contribution in [2.45, 2.75) is 6.61 Å². The first-order valence-electron chi connectivity index (χ1n) is 7.64. The molecule has 0 saturated carbocycles. The summed E-state index contributed by atoms with van der Waals surface area (Å²) in [5.74, 6) is 1.76. The maximum absolute atomic E-state index is 9.20. The van der Waals surface area contributed by atoms with Crippen molar-refractivity contribution in [3.63, 3.8) is 0 Å². The van der Waals surface area contributed by atoms with Crippen molar-refractivity contribution in [3.8, 4) is 22.6 Å². The Bertz CT molecular complexity index is 935. The second-order valence-corrected chi connectivity index (χ2v) is 5.53. The summed E-state index contributed by atoms with van der Waals surface area (Å²) < 4.78 is 6.25. The maximum atomic E-state index is 9.20. The van der Waals surface area contributed by atoms with Crippen molar-refractivity contribution in [3.05, 3.63) is 84.4 Å². The summed E-state index contributed by atoms with van der Waals surface area (Å²) in [7, 11) is 0. The summed E-state index contributed by atoms with van der Waals surface area (Å²) in [5.41, 5.74) is 2.98. The average Bonchev–Trinajstić information content (AvgIpc) is 3.02. The molecule has 112 valence electrons. The van der Waals surface area contributed by atoms with Gasteiger partial charge in [-0.1, -0.05) is 78.9 Å². The average molecular weight is 300 g/mol. The molecule has 0 amide bonds. The largest absolute Gasteiger partial charge is 0.455 e. The van der Waals surface area contributed by atoms with Crippen LogP contribution in [-0.2, 0) is 6.61 Å². The number of hydrogen-bond acceptors (Lipinski definition) is 2. The SMILES string of the molecule is OCc1ccc(-c2oc(-c3ccccc3)c3ccccc23)cc1. The first kappa shape index (κ1) is 13.8. The van der Waals surface area contributed by atoms with Gasteiger partial charge >= 0.3 is 0 Å². The van der Waals surface area contributed by atoms with Crippen molar-refractivity contribution in [2.75, 3.05) is 0 Å². The van der Waals surface area contributed by atoms with Crippen LogP contribution >= 0.6 is 0 Å². The molecule has 3 aromatic carbocycles. The van der Waals surface area contributed by atoms with Crippen molar-refractivity contribution >= 4 is 10.8 Å². The Morgan fingerprint density at radius 3 is 1.70 bits per heavy atom. The number of rotatable bonds is 3. The fraction of sp³-hybridized carbons (Fsp3) is 0.0476. The highest BCUT2D eigenvalue weighted by Gasteiger charge is 2.15. The highest BCUT2D eigenvalue weighted by Crippen LogP contribution is 2.38. The van der Waals surface area contributed by atoms with Gasteiger partial charge in [-0.15, -0.1) is 0 Å². The van der Waals surface area contributed by atoms with E-state index in [-0.39, 0.29) is 6.61 Å². The molecule has 0 radical (unpaired) electrons. The third-order valence-corrected chi connectivity index (χ3v) is 4.06. The van der Waals surface area contributed by atoms with E-state index in [2.05, 4.69) is 24.3 Å². The minimum Gasteiger partial charge on any atom is -0.455 e. The monoisotopic (exact) mass is 300 g/mol. The summed E-state index contributed by atoms with van der Waals surface area (Å²) in [4.78, 5) is 0. The van der Waals surface area contributed by atoms with Gasteiger partial charge in [0, 0.05) is 21.9 Å². The van der Waals surface area contributed by atoms with Gasteiger partial charge in [0.05, 0.1) is 6.61 Å². The quantitative estimate of drug-likeness (QED) is 0.560. The second-order valence-electron chi connectivity index (χ2n) is 5.53. The van der Waals surface area contributed by atoms with Crippen LogP contribution < -0.4 is 0 Å². The minimum atomic E-state index is 0.0500. The molecular formula is C21H16O2. The Morgan fingerprint density at radius 2 is 1.13 bits per heavy atom. The van der Waals surface area contributed by atoms with Crippen LogP contribution in [0.4, 0.5) is 0 Å². The Kier molecular flexibility index (Phi) is 3.45. The topological polar surface area (TPSA) is 33.4 Å². The van der Waals surface area contributed by atoms with E-state index in [1.807, 2.05) is 54.6 Å². The van der Waals surface area contributed by atoms with Crippen LogP contribution in [0.25, 0.3) is 33.4 Å². The number of fused-ring (bicyclic) bond motifs is 1. The lowest BCUT2D eigenvalue weighted by Crippen LogP contribution is -1.82. The molecule has 1 aromatic heterocycles. The van der Waals surface area contributed by atoms with Gasteiger partial charge < -0.3 is 9.52 Å². The zero-order chi connectivity index (χ0) is 15.6. The van der Waals surface area contributed by atoms with Crippen LogP contribution in [0.3, 0.4) is 0 Å². The molecule has 2 nitrogen and oxygen atoms in total. The van der Waals surface area contributed by atoms with E-state index in [1.165, 1.54) is 0 Å². The van der Waals surface area contributed by atoms with Crippen molar-refractivity contribution in [1.82, 2.24) is 0 Å². The molecular weight excluding hydrogens is 284 g/mol. The third-order valence-electron chi connectivity index (χ3n) is 4.06. The third kappa shape index (κ3) is 2.43. The van der Waals surface area contributed by atoms with E-state index in [4.69, 9.17) is 4.42 Å². The highest BCUT2D eigenvalue weighted by molar-refractivity contribution is 6.02. The van der Waals surface area contributed by atoms with Gasteiger partial charge in [0.25, 0.3) is 0 Å². The minimum absolute atomic E-state index is 0.0500. The second kappa shape index (κ2) is 5.75. The van der Waals surface area contributed by atoms with Crippen LogP contribution in [0.1, 0.15) is 5.56 Å². The summed E-state index contributed by atoms with van der Waals surface area (Å²) in [6.07, 6.45) is 0. The summed E-state index contributed by atoms with van der Waals surface area (Å²) in [6.45, 7) is 0.0500. The molecule has 0 aliphatic rings. The standard InChI is InChI=1S/C21H16O2/c22-14-15-10-12-17(13-11-15)21-19-9-5-4-8-18(19)20(23-21)16-6-2-1-3-7-16/h1-13,22H,14H2. The van der Waals surface area contributed by atoms with Gasteiger partial charge in [-0.05, 0) is 5.56 Å². The molecule has 1 N–H and O–H groups in total. The van der Waals surface area contributed by atoms with Crippen LogP contribution in [0.15, 0.2) is 83.3 Å². The molecule has 0 fully saturated rings. The predicted molar refractivity (Wildman–Crippen MR) is 93.0 cm³/mol. The van der Waals surface area contributed by atoms with Gasteiger partial charge in [-0.3, -0.25) is 0 Å². The van der Waals surface area contributed by atoms with Gasteiger partial charge in [-0.25, -0.2) is 0 Å². The first-order valence-corrected chi connectivity index (χ1v) is 7.64. The molecule has 0 atom stereocenters. The summed E-state index contributed by atoms with van der Waals surface area (Å²) >= 11 is 0. The van der Waals surface area contributed by atoms with Crippen molar-refractivity contribution in [2.24, 2.45) is 0 Å². The van der Waals surface area contributed by atoms with Crippen molar-refractivity contribution in [1.29, 1.82) is 0 Å². The molecule has 0 spiro atoms. The maximum Gasteiger partial charge on any atom is 0.142 e. The first-order chi connectivity index (χ1) is 11.4. The Morgan fingerprint density at radius 1 is 0.609 bits per heavy atom. The zero-order valence-electron chi connectivity index (χ0n) is 12.6. The Labute approximate surface area is 134 Å². The fourth-order valence-corrected chi connectivity index (χ4v) is 2.87. The Balaban J connectivity index is 1.93. The van der Waals surface area contributed by atoms with Gasteiger partial charge in [0.1, 0.15) is 11.5 Å². The van der Waals surface area contributed by atoms with E-state index >= 15 is 0 Å². The molecule has 0 unspecified atom stereocenters. The molecule has 4 rings (SSSR count). The van der Waals surface area contributed by atoms with E-state index in [9.17, 15) is 5.11 Å². The van der Waals surface area contributed by atoms with E-state index in [0.717, 1.165) is 39.0 Å². The van der Waals surface area contributed by atoms with E-state index < -0.39 is 0 Å². The predicted octanol–water partition coefficient (Wildman–Crippen LogP) is 5.26. The van der Waals surface area contributed by atoms with Gasteiger partial charge in [-0.2, -0.15) is 0 Å². The zero-order valence-corrected chi connectivity index (χ0v) is 12.6. The number of benzene rings is 3. The molecule has 1 heterocycles. The smallest absolute Gasteiger partial charge is 0.142 e. The molecule has 0 bridgehead atoms. The van der Waals surface area contributed by atoms with Crippen LogP contribution in [0.2, 0.25) is 0 Å². The lowest BCUT2D eigenvalue weighted by Gasteiger charge is -2.00. The van der Waals surface area contributed by atoms with E-state index in [1.54, 1.807) is 0 Å². The van der Waals surface area contributed by atoms with Crippen molar-refractivity contribution < 1.29 is 9.52 Å². The molecule has 2 heteroatoms. The molecule has 0 aliphatic heterocycles. The normalized spacial score (nSPS) is 11.0. The van der Waals surface area contributed by atoms with Gasteiger partial charge in [0.15, 0.2) is 0 Å². The lowest BCUT2D eigenvalue weighted by atomic mass is 10.0. The number of hydrogen-bond donors (Lipinski definition) is 1. The lowest BCUT2D eigenvalue weighted by molar-refractivity contribution is 0.282. The number of aliphatic hydroxyl groups is 1. The van der Waals surface area contributed by atoms with Crippen LogP contribution in [-0.4, -0.2) is 5.11 Å². The van der Waals surface area contributed by atoms with Crippen LogP contribution in [0, 0.1) is 0 Å². The van der Waals surface area contributed by atoms with Crippen LogP contribution in [0.5, 0.6) is 0 Å². The molecule has 0 aliphatic carbocycles. The van der Waals surface area contributed by atoms with E-state index in [0.29, 0.717) is 0 Å². The molecule has 0 saturated heterocycles. The Hall–Kier alpha value is -2.84. The molecule has 4 aromatic rings. The number of aliphatic hydroxyl groups excluding tert-OH is 1. The summed E-state index contributed by atoms with van der Waals surface area (Å²) in [6, 6.07) is 26.2. The number of furan rings is 1. The highest BCUT2D eigenvalue weighted by atomic mass is 16.3. The fourth-order valence-electron chi connectivity index (χ4n) is 2.87.